The van der Waals surface area contributed by atoms with Crippen molar-refractivity contribution in [1.29, 1.82) is 0 Å². The fraction of sp³-hybridized carbons (Fsp3) is 0.364. The third-order valence-corrected chi connectivity index (χ3v) is 5.47. The van der Waals surface area contributed by atoms with Crippen molar-refractivity contribution in [2.75, 3.05) is 19.6 Å². The molecule has 1 saturated heterocycles. The highest BCUT2D eigenvalue weighted by molar-refractivity contribution is 5.81. The molecule has 0 radical (unpaired) electrons. The van der Waals surface area contributed by atoms with Gasteiger partial charge in [-0.15, -0.1) is 0 Å². The molecule has 158 valence electrons. The van der Waals surface area contributed by atoms with Crippen molar-refractivity contribution in [1.82, 2.24) is 19.8 Å². The average molecular weight is 416 g/mol. The van der Waals surface area contributed by atoms with Crippen molar-refractivity contribution in [3.05, 3.63) is 66.0 Å². The summed E-state index contributed by atoms with van der Waals surface area (Å²) >= 11 is 0. The first-order valence-electron chi connectivity index (χ1n) is 10.0. The standard InChI is InChI=1S/C22H23F3N4O/c23-22(24,25)21-27-17-10-4-5-11-18(17)29(21)15-20(30)26-14-19(28-12-6-7-13-28)16-8-2-1-3-9-16/h1-5,8-11,19H,6-7,12-15H2,(H,26,30). The molecule has 1 amide bonds. The fourth-order valence-corrected chi connectivity index (χ4v) is 4.05. The maximum Gasteiger partial charge on any atom is 0.449 e. The van der Waals surface area contributed by atoms with Crippen LogP contribution in [-0.2, 0) is 17.5 Å². The summed E-state index contributed by atoms with van der Waals surface area (Å²) in [6.07, 6.45) is -2.43. The molecule has 0 saturated carbocycles. The van der Waals surface area contributed by atoms with Gasteiger partial charge in [-0.1, -0.05) is 42.5 Å². The van der Waals surface area contributed by atoms with Crippen LogP contribution in [0.2, 0.25) is 0 Å². The van der Waals surface area contributed by atoms with Gasteiger partial charge in [-0.3, -0.25) is 9.69 Å². The summed E-state index contributed by atoms with van der Waals surface area (Å²) in [5.74, 6) is -1.53. The molecule has 2 heterocycles. The van der Waals surface area contributed by atoms with Gasteiger partial charge in [0.1, 0.15) is 6.54 Å². The smallest absolute Gasteiger partial charge is 0.353 e. The number of carbonyl (C=O) groups excluding carboxylic acids is 1. The third kappa shape index (κ3) is 4.33. The second-order valence-electron chi connectivity index (χ2n) is 7.48. The second kappa shape index (κ2) is 8.47. The van der Waals surface area contributed by atoms with Crippen molar-refractivity contribution >= 4 is 16.9 Å². The first kappa shape index (κ1) is 20.4. The largest absolute Gasteiger partial charge is 0.449 e. The highest BCUT2D eigenvalue weighted by Gasteiger charge is 2.38. The Morgan fingerprint density at radius 1 is 1.03 bits per heavy atom. The van der Waals surface area contributed by atoms with E-state index in [0.717, 1.165) is 36.1 Å². The van der Waals surface area contributed by atoms with Gasteiger partial charge < -0.3 is 9.88 Å². The number of fused-ring (bicyclic) bond motifs is 1. The van der Waals surface area contributed by atoms with E-state index in [4.69, 9.17) is 0 Å². The lowest BCUT2D eigenvalue weighted by Crippen LogP contribution is -2.38. The number of hydrogen-bond donors (Lipinski definition) is 1. The van der Waals surface area contributed by atoms with Crippen molar-refractivity contribution in [2.24, 2.45) is 0 Å². The average Bonchev–Trinajstić information content (AvgIpc) is 3.38. The monoisotopic (exact) mass is 416 g/mol. The fourth-order valence-electron chi connectivity index (χ4n) is 4.05. The van der Waals surface area contributed by atoms with Gasteiger partial charge in [0, 0.05) is 6.54 Å². The van der Waals surface area contributed by atoms with Crippen molar-refractivity contribution in [3.8, 4) is 0 Å². The molecule has 0 bridgehead atoms. The van der Waals surface area contributed by atoms with E-state index in [1.54, 1.807) is 18.2 Å². The molecule has 2 aromatic carbocycles. The van der Waals surface area contributed by atoms with Gasteiger partial charge in [-0.2, -0.15) is 13.2 Å². The predicted octanol–water partition coefficient (Wildman–Crippen LogP) is 4.01. The molecule has 1 unspecified atom stereocenters. The maximum atomic E-state index is 13.5. The highest BCUT2D eigenvalue weighted by atomic mass is 19.4. The summed E-state index contributed by atoms with van der Waals surface area (Å²) in [6, 6.07) is 16.2. The molecule has 1 N–H and O–H groups in total. The van der Waals surface area contributed by atoms with Gasteiger partial charge in [0.15, 0.2) is 0 Å². The summed E-state index contributed by atoms with van der Waals surface area (Å²) in [5.41, 5.74) is 1.60. The van der Waals surface area contributed by atoms with Crippen LogP contribution in [0, 0.1) is 0 Å². The number of likely N-dealkylation sites (tertiary alicyclic amines) is 1. The van der Waals surface area contributed by atoms with Crippen LogP contribution >= 0.6 is 0 Å². The lowest BCUT2D eigenvalue weighted by atomic mass is 10.1. The molecule has 3 aromatic rings. The number of aromatic nitrogens is 2. The Morgan fingerprint density at radius 3 is 2.40 bits per heavy atom. The van der Waals surface area contributed by atoms with Crippen LogP contribution in [0.4, 0.5) is 13.2 Å². The number of alkyl halides is 3. The van der Waals surface area contributed by atoms with E-state index in [0.29, 0.717) is 12.1 Å². The number of halogens is 3. The number of imidazole rings is 1. The maximum absolute atomic E-state index is 13.5. The van der Waals surface area contributed by atoms with E-state index < -0.39 is 24.5 Å². The summed E-state index contributed by atoms with van der Waals surface area (Å²) in [5, 5.41) is 2.84. The molecule has 0 aliphatic carbocycles. The predicted molar refractivity (Wildman–Crippen MR) is 108 cm³/mol. The molecule has 8 heteroatoms. The van der Waals surface area contributed by atoms with Crippen LogP contribution in [0.25, 0.3) is 11.0 Å². The van der Waals surface area contributed by atoms with E-state index in [2.05, 4.69) is 15.2 Å². The van der Waals surface area contributed by atoms with E-state index in [1.807, 2.05) is 30.3 Å². The molecular formula is C22H23F3N4O. The summed E-state index contributed by atoms with van der Waals surface area (Å²) in [6.45, 7) is 1.80. The summed E-state index contributed by atoms with van der Waals surface area (Å²) < 4.78 is 41.3. The molecule has 1 aliphatic heterocycles. The van der Waals surface area contributed by atoms with Crippen molar-refractivity contribution in [3.63, 3.8) is 0 Å². The van der Waals surface area contributed by atoms with Crippen LogP contribution in [0.5, 0.6) is 0 Å². The van der Waals surface area contributed by atoms with Gasteiger partial charge in [-0.25, -0.2) is 4.98 Å². The number of amides is 1. The van der Waals surface area contributed by atoms with Crippen molar-refractivity contribution in [2.45, 2.75) is 31.6 Å². The number of para-hydroxylation sites is 2. The molecule has 1 atom stereocenters. The topological polar surface area (TPSA) is 50.2 Å². The van der Waals surface area contributed by atoms with Gasteiger partial charge in [-0.05, 0) is 43.6 Å². The van der Waals surface area contributed by atoms with Gasteiger partial charge >= 0.3 is 6.18 Å². The van der Waals surface area contributed by atoms with Crippen LogP contribution in [-0.4, -0.2) is 40.0 Å². The molecule has 30 heavy (non-hydrogen) atoms. The van der Waals surface area contributed by atoms with Gasteiger partial charge in [0.05, 0.1) is 17.1 Å². The van der Waals surface area contributed by atoms with E-state index in [-0.39, 0.29) is 11.6 Å². The molecule has 1 aliphatic rings. The zero-order chi connectivity index (χ0) is 21.1. The number of nitrogens with zero attached hydrogens (tertiary/aromatic N) is 3. The van der Waals surface area contributed by atoms with Crippen LogP contribution in [0.15, 0.2) is 54.6 Å². The summed E-state index contributed by atoms with van der Waals surface area (Å²) in [7, 11) is 0. The Hall–Kier alpha value is -2.87. The van der Waals surface area contributed by atoms with Crippen LogP contribution in [0.3, 0.4) is 0 Å². The minimum absolute atomic E-state index is 0.000678. The Bertz CT molecular complexity index is 1010. The third-order valence-electron chi connectivity index (χ3n) is 5.47. The Kier molecular flexibility index (Phi) is 5.76. The Morgan fingerprint density at radius 2 is 1.70 bits per heavy atom. The lowest BCUT2D eigenvalue weighted by Gasteiger charge is -2.28. The molecule has 0 spiro atoms. The highest BCUT2D eigenvalue weighted by Crippen LogP contribution is 2.31. The second-order valence-corrected chi connectivity index (χ2v) is 7.48. The molecule has 1 fully saturated rings. The van der Waals surface area contributed by atoms with E-state index in [1.165, 1.54) is 6.07 Å². The Labute approximate surface area is 172 Å². The Balaban J connectivity index is 1.52. The van der Waals surface area contributed by atoms with Crippen LogP contribution < -0.4 is 5.32 Å². The SMILES string of the molecule is O=C(Cn1c(C(F)(F)F)nc2ccccc21)NCC(c1ccccc1)N1CCCC1. The van der Waals surface area contributed by atoms with Crippen molar-refractivity contribution < 1.29 is 18.0 Å². The number of carbonyl (C=O) groups is 1. The minimum Gasteiger partial charge on any atom is -0.353 e. The minimum atomic E-state index is -4.64. The lowest BCUT2D eigenvalue weighted by molar-refractivity contribution is -0.147. The van der Waals surface area contributed by atoms with E-state index in [9.17, 15) is 18.0 Å². The molecular weight excluding hydrogens is 393 g/mol. The zero-order valence-corrected chi connectivity index (χ0v) is 16.4. The zero-order valence-electron chi connectivity index (χ0n) is 16.4. The quantitative estimate of drug-likeness (QED) is 0.661. The summed E-state index contributed by atoms with van der Waals surface area (Å²) in [4.78, 5) is 18.6. The normalized spacial score (nSPS) is 16.1. The van der Waals surface area contributed by atoms with Gasteiger partial charge in [0.25, 0.3) is 0 Å². The molecule has 1 aromatic heterocycles. The number of nitrogens with one attached hydrogen (secondary N) is 1. The van der Waals surface area contributed by atoms with Gasteiger partial charge in [0.2, 0.25) is 11.7 Å². The first-order valence-corrected chi connectivity index (χ1v) is 10.0. The van der Waals surface area contributed by atoms with E-state index >= 15 is 0 Å². The molecule has 5 nitrogen and oxygen atoms in total. The molecule has 4 rings (SSSR count). The van der Waals surface area contributed by atoms with Crippen LogP contribution in [0.1, 0.15) is 30.3 Å². The first-order chi connectivity index (χ1) is 14.4. The number of benzene rings is 2. The number of rotatable bonds is 6. The number of hydrogen-bond acceptors (Lipinski definition) is 3.